The third-order valence-corrected chi connectivity index (χ3v) is 10.1. The second-order valence-electron chi connectivity index (χ2n) is 5.63. The van der Waals surface area contributed by atoms with Crippen molar-refractivity contribution >= 4 is 43.0 Å². The zero-order chi connectivity index (χ0) is 18.1. The number of hydrogen-bond donors (Lipinski definition) is 3. The average Bonchev–Trinajstić information content (AvgIpc) is 2.90. The standard InChI is InChI=1S/C13H22N2O5S4/c1-3-15-11-6-9(4-5-21-8(2)16)23(17,18)13-10(11)7-12(22-13)24(14,19)20/h7-9,11,15-16H,3-6H2,1-2H3,(H2,14,19,20). The Morgan fingerprint density at radius 2 is 2.21 bits per heavy atom. The van der Waals surface area contributed by atoms with Crippen molar-refractivity contribution in [1.82, 2.24) is 5.32 Å². The SMILES string of the molecule is CCNC1CC(CCSC(C)O)S(=O)(=O)c2sc(S(N)(=O)=O)cc21. The number of aliphatic hydroxyl groups excluding tert-OH is 1. The number of sulfone groups is 1. The minimum atomic E-state index is -3.94. The van der Waals surface area contributed by atoms with Crippen molar-refractivity contribution in [2.24, 2.45) is 5.14 Å². The van der Waals surface area contributed by atoms with Gasteiger partial charge in [0.15, 0.2) is 9.84 Å². The molecule has 0 aliphatic carbocycles. The van der Waals surface area contributed by atoms with Gasteiger partial charge >= 0.3 is 0 Å². The molecule has 3 atom stereocenters. The minimum Gasteiger partial charge on any atom is -0.383 e. The second-order valence-corrected chi connectivity index (χ2v) is 12.3. The number of primary sulfonamides is 1. The number of thioether (sulfide) groups is 1. The van der Waals surface area contributed by atoms with Crippen molar-refractivity contribution in [2.75, 3.05) is 12.3 Å². The topological polar surface area (TPSA) is 127 Å². The molecule has 4 N–H and O–H groups in total. The summed E-state index contributed by atoms with van der Waals surface area (Å²) in [7, 11) is -7.55. The molecule has 24 heavy (non-hydrogen) atoms. The van der Waals surface area contributed by atoms with Gasteiger partial charge in [-0.3, -0.25) is 0 Å². The minimum absolute atomic E-state index is 0.0933. The van der Waals surface area contributed by atoms with E-state index in [0.29, 0.717) is 30.7 Å². The van der Waals surface area contributed by atoms with Crippen molar-refractivity contribution in [1.29, 1.82) is 0 Å². The summed E-state index contributed by atoms with van der Waals surface area (Å²) in [5.74, 6) is 0.517. The first-order valence-corrected chi connectivity index (χ1v) is 12.5. The van der Waals surface area contributed by atoms with Gasteiger partial charge in [0.05, 0.1) is 10.7 Å². The van der Waals surface area contributed by atoms with Crippen LogP contribution < -0.4 is 10.5 Å². The molecule has 11 heteroatoms. The maximum Gasteiger partial charge on any atom is 0.247 e. The van der Waals surface area contributed by atoms with Crippen LogP contribution in [0.25, 0.3) is 0 Å². The Hall–Kier alpha value is -0.170. The van der Waals surface area contributed by atoms with Crippen molar-refractivity contribution in [3.8, 4) is 0 Å². The number of rotatable bonds is 7. The molecule has 1 aliphatic heterocycles. The molecule has 1 aromatic heterocycles. The van der Waals surface area contributed by atoms with Gasteiger partial charge in [-0.1, -0.05) is 6.92 Å². The molecular weight excluding hydrogens is 392 g/mol. The van der Waals surface area contributed by atoms with Crippen LogP contribution in [-0.4, -0.2) is 44.9 Å². The number of hydrogen-bond acceptors (Lipinski definition) is 8. The molecule has 138 valence electrons. The van der Waals surface area contributed by atoms with Crippen LogP contribution in [0.2, 0.25) is 0 Å². The van der Waals surface area contributed by atoms with Gasteiger partial charge in [-0.05, 0) is 38.1 Å². The highest BCUT2D eigenvalue weighted by atomic mass is 32.3. The summed E-state index contributed by atoms with van der Waals surface area (Å²) in [5, 5.41) is 17.1. The Bertz CT molecular complexity index is 785. The first-order chi connectivity index (χ1) is 11.1. The Balaban J connectivity index is 2.39. The Labute approximate surface area is 151 Å². The Morgan fingerprint density at radius 3 is 2.75 bits per heavy atom. The van der Waals surface area contributed by atoms with Crippen LogP contribution in [0.15, 0.2) is 14.5 Å². The molecule has 7 nitrogen and oxygen atoms in total. The number of nitrogens with two attached hydrogens (primary N) is 1. The summed E-state index contributed by atoms with van der Waals surface area (Å²) in [4.78, 5) is 0. The number of fused-ring (bicyclic) bond motifs is 1. The lowest BCUT2D eigenvalue weighted by molar-refractivity contribution is 0.284. The van der Waals surface area contributed by atoms with Crippen LogP contribution in [0, 0.1) is 0 Å². The fourth-order valence-electron chi connectivity index (χ4n) is 2.72. The quantitative estimate of drug-likeness (QED) is 0.569. The maximum atomic E-state index is 12.8. The number of thiophene rings is 1. The number of nitrogens with one attached hydrogen (secondary N) is 1. The molecule has 3 unspecified atom stereocenters. The van der Waals surface area contributed by atoms with Crippen LogP contribution in [0.4, 0.5) is 0 Å². The molecule has 0 radical (unpaired) electrons. The van der Waals surface area contributed by atoms with Crippen LogP contribution >= 0.6 is 23.1 Å². The van der Waals surface area contributed by atoms with Crippen LogP contribution in [0.5, 0.6) is 0 Å². The van der Waals surface area contributed by atoms with Gasteiger partial charge < -0.3 is 10.4 Å². The lowest BCUT2D eigenvalue weighted by Gasteiger charge is -2.29. The number of aliphatic hydroxyl groups is 1. The van der Waals surface area contributed by atoms with E-state index in [1.165, 1.54) is 17.8 Å². The van der Waals surface area contributed by atoms with E-state index in [0.717, 1.165) is 11.3 Å². The van der Waals surface area contributed by atoms with Gasteiger partial charge in [0, 0.05) is 11.6 Å². The fraction of sp³-hybridized carbons (Fsp3) is 0.692. The van der Waals surface area contributed by atoms with Gasteiger partial charge in [-0.15, -0.1) is 23.1 Å². The Kier molecular flexibility index (Phi) is 6.38. The monoisotopic (exact) mass is 414 g/mol. The van der Waals surface area contributed by atoms with E-state index in [2.05, 4.69) is 5.32 Å². The third-order valence-electron chi connectivity index (χ3n) is 3.80. The molecule has 1 aliphatic rings. The molecule has 0 aromatic carbocycles. The fourth-order valence-corrected chi connectivity index (χ4v) is 8.33. The number of sulfonamides is 1. The molecule has 0 fully saturated rings. The largest absolute Gasteiger partial charge is 0.383 e. The molecular formula is C13H22N2O5S4. The molecule has 0 bridgehead atoms. The summed E-state index contributed by atoms with van der Waals surface area (Å²) >= 11 is 2.01. The van der Waals surface area contributed by atoms with Crippen molar-refractivity contribution in [3.63, 3.8) is 0 Å². The highest BCUT2D eigenvalue weighted by molar-refractivity contribution is 7.99. The van der Waals surface area contributed by atoms with Crippen molar-refractivity contribution in [3.05, 3.63) is 11.6 Å². The highest BCUT2D eigenvalue weighted by Gasteiger charge is 2.41. The van der Waals surface area contributed by atoms with E-state index in [1.807, 2.05) is 6.92 Å². The van der Waals surface area contributed by atoms with E-state index in [1.54, 1.807) is 6.92 Å². The zero-order valence-corrected chi connectivity index (χ0v) is 16.7. The smallest absolute Gasteiger partial charge is 0.247 e. The van der Waals surface area contributed by atoms with Crippen molar-refractivity contribution < 1.29 is 21.9 Å². The predicted molar refractivity (Wildman–Crippen MR) is 96.5 cm³/mol. The summed E-state index contributed by atoms with van der Waals surface area (Å²) < 4.78 is 48.9. The third kappa shape index (κ3) is 4.32. The molecule has 0 saturated heterocycles. The van der Waals surface area contributed by atoms with Gasteiger partial charge in [0.25, 0.3) is 0 Å². The van der Waals surface area contributed by atoms with Gasteiger partial charge in [0.1, 0.15) is 8.42 Å². The molecule has 1 aromatic rings. The molecule has 0 saturated carbocycles. The molecule has 2 heterocycles. The summed E-state index contributed by atoms with van der Waals surface area (Å²) in [5.41, 5.74) is -0.0579. The summed E-state index contributed by atoms with van der Waals surface area (Å²) in [6.45, 7) is 4.19. The summed E-state index contributed by atoms with van der Waals surface area (Å²) in [6.07, 6.45) is 0.784. The predicted octanol–water partition coefficient (Wildman–Crippen LogP) is 1.05. The average molecular weight is 415 g/mol. The van der Waals surface area contributed by atoms with E-state index in [9.17, 15) is 21.9 Å². The molecule has 2 rings (SSSR count). The second kappa shape index (κ2) is 7.60. The lowest BCUT2D eigenvalue weighted by Crippen LogP contribution is -2.35. The van der Waals surface area contributed by atoms with E-state index in [-0.39, 0.29) is 14.5 Å². The van der Waals surface area contributed by atoms with Gasteiger partial charge in [-0.25, -0.2) is 22.0 Å². The first-order valence-electron chi connectivity index (χ1n) is 7.50. The first kappa shape index (κ1) is 20.1. The highest BCUT2D eigenvalue weighted by Crippen LogP contribution is 2.43. The van der Waals surface area contributed by atoms with E-state index >= 15 is 0 Å². The lowest BCUT2D eigenvalue weighted by atomic mass is 10.0. The van der Waals surface area contributed by atoms with E-state index in [4.69, 9.17) is 5.14 Å². The van der Waals surface area contributed by atoms with Crippen LogP contribution in [0.3, 0.4) is 0 Å². The summed E-state index contributed by atoms with van der Waals surface area (Å²) in [6, 6.07) is 1.16. The molecule has 0 amide bonds. The van der Waals surface area contributed by atoms with Crippen molar-refractivity contribution in [2.45, 2.75) is 51.8 Å². The van der Waals surface area contributed by atoms with Crippen LogP contribution in [-0.2, 0) is 19.9 Å². The maximum absolute atomic E-state index is 12.8. The normalized spacial score (nSPS) is 24.5. The van der Waals surface area contributed by atoms with E-state index < -0.39 is 30.5 Å². The zero-order valence-electron chi connectivity index (χ0n) is 13.4. The molecule has 0 spiro atoms. The van der Waals surface area contributed by atoms with Gasteiger partial charge in [0.2, 0.25) is 10.0 Å². The Morgan fingerprint density at radius 1 is 1.54 bits per heavy atom. The van der Waals surface area contributed by atoms with Crippen LogP contribution in [0.1, 0.15) is 38.3 Å². The van der Waals surface area contributed by atoms with Gasteiger partial charge in [-0.2, -0.15) is 0 Å².